The van der Waals surface area contributed by atoms with Gasteiger partial charge in [0.15, 0.2) is 0 Å². The Morgan fingerprint density at radius 2 is 1.59 bits per heavy atom. The largest absolute Gasteiger partial charge is 0.369 e. The maximum absolute atomic E-state index is 13.4. The number of nitrogens with zero attached hydrogens (tertiary/aromatic N) is 3. The second-order valence-corrected chi connectivity index (χ2v) is 8.76. The lowest BCUT2D eigenvalue weighted by atomic mass is 10.0. The van der Waals surface area contributed by atoms with E-state index in [1.54, 1.807) is 0 Å². The zero-order chi connectivity index (χ0) is 21.0. The summed E-state index contributed by atoms with van der Waals surface area (Å²) >= 11 is 0. The van der Waals surface area contributed by atoms with Crippen molar-refractivity contribution in [2.24, 2.45) is 0 Å². The van der Waals surface area contributed by atoms with Gasteiger partial charge in [0.05, 0.1) is 6.04 Å². The van der Waals surface area contributed by atoms with E-state index in [0.717, 1.165) is 37.4 Å². The third-order valence-corrected chi connectivity index (χ3v) is 5.67. The molecule has 0 aliphatic carbocycles. The van der Waals surface area contributed by atoms with Crippen LogP contribution in [0.3, 0.4) is 0 Å². The minimum Gasteiger partial charge on any atom is -0.369 e. The summed E-state index contributed by atoms with van der Waals surface area (Å²) in [7, 11) is 0. The summed E-state index contributed by atoms with van der Waals surface area (Å²) in [5.41, 5.74) is 1.92. The number of rotatable bonds is 5. The van der Waals surface area contributed by atoms with Gasteiger partial charge < -0.3 is 9.80 Å². The van der Waals surface area contributed by atoms with Gasteiger partial charge in [-0.2, -0.15) is 0 Å². The lowest BCUT2D eigenvalue weighted by Crippen LogP contribution is -2.57. The highest BCUT2D eigenvalue weighted by Crippen LogP contribution is 2.22. The van der Waals surface area contributed by atoms with Gasteiger partial charge in [0.25, 0.3) is 0 Å². The van der Waals surface area contributed by atoms with Crippen molar-refractivity contribution in [3.8, 4) is 0 Å². The van der Waals surface area contributed by atoms with Crippen molar-refractivity contribution in [2.75, 3.05) is 31.1 Å². The van der Waals surface area contributed by atoms with Crippen LogP contribution in [0.1, 0.15) is 33.3 Å². The minimum absolute atomic E-state index is 0.164. The second kappa shape index (κ2) is 8.95. The van der Waals surface area contributed by atoms with Crippen LogP contribution in [0, 0.1) is 5.82 Å². The Balaban J connectivity index is 1.64. The van der Waals surface area contributed by atoms with Crippen molar-refractivity contribution >= 4 is 11.6 Å². The molecule has 1 atom stereocenters. The first-order chi connectivity index (χ1) is 13.8. The summed E-state index contributed by atoms with van der Waals surface area (Å²) < 4.78 is 13.2. The number of benzene rings is 2. The van der Waals surface area contributed by atoms with Crippen molar-refractivity contribution in [1.82, 2.24) is 9.80 Å². The van der Waals surface area contributed by atoms with Crippen LogP contribution in [0.25, 0.3) is 0 Å². The summed E-state index contributed by atoms with van der Waals surface area (Å²) in [6, 6.07) is 16.6. The van der Waals surface area contributed by atoms with E-state index in [4.69, 9.17) is 0 Å². The number of carbonyl (C=O) groups is 1. The lowest BCUT2D eigenvalue weighted by molar-refractivity contribution is -0.142. The molecule has 2 aromatic carbocycles. The molecule has 1 aliphatic heterocycles. The van der Waals surface area contributed by atoms with E-state index in [0.29, 0.717) is 6.54 Å². The number of halogens is 1. The quantitative estimate of drug-likeness (QED) is 0.758. The van der Waals surface area contributed by atoms with Gasteiger partial charge in [-0.3, -0.25) is 9.69 Å². The maximum Gasteiger partial charge on any atom is 0.240 e. The number of anilines is 1. The molecule has 156 valence electrons. The van der Waals surface area contributed by atoms with Crippen LogP contribution in [0.2, 0.25) is 0 Å². The molecule has 2 aromatic rings. The second-order valence-electron chi connectivity index (χ2n) is 8.76. The highest BCUT2D eigenvalue weighted by atomic mass is 19.1. The van der Waals surface area contributed by atoms with Crippen molar-refractivity contribution in [3.05, 3.63) is 66.0 Å². The summed E-state index contributed by atoms with van der Waals surface area (Å²) in [6.45, 7) is 12.2. The summed E-state index contributed by atoms with van der Waals surface area (Å²) in [5, 5.41) is 0. The standard InChI is InChI=1S/C24H32FN3O/c1-19(23(29)28(24(2,3)4)18-20-8-6-5-7-9-20)26-14-16-27(17-15-26)22-12-10-21(25)11-13-22/h5-13,19H,14-18H2,1-4H3/t19-/m1/s1. The molecule has 0 spiro atoms. The normalized spacial score (nSPS) is 16.5. The fraction of sp³-hybridized carbons (Fsp3) is 0.458. The summed E-state index contributed by atoms with van der Waals surface area (Å²) in [6.07, 6.45) is 0. The molecule has 0 N–H and O–H groups in total. The number of piperazine rings is 1. The molecule has 1 amide bonds. The van der Waals surface area contributed by atoms with Crippen LogP contribution in [-0.4, -0.2) is 53.5 Å². The molecule has 0 unspecified atom stereocenters. The van der Waals surface area contributed by atoms with Gasteiger partial charge in [-0.15, -0.1) is 0 Å². The van der Waals surface area contributed by atoms with E-state index < -0.39 is 0 Å². The van der Waals surface area contributed by atoms with Gasteiger partial charge in [0.1, 0.15) is 5.82 Å². The smallest absolute Gasteiger partial charge is 0.240 e. The molecular formula is C24H32FN3O. The van der Waals surface area contributed by atoms with Gasteiger partial charge >= 0.3 is 0 Å². The average Bonchev–Trinajstić information content (AvgIpc) is 2.72. The first-order valence-corrected chi connectivity index (χ1v) is 10.4. The van der Waals surface area contributed by atoms with E-state index in [2.05, 4.69) is 42.7 Å². The van der Waals surface area contributed by atoms with Gasteiger partial charge in [0, 0.05) is 44.0 Å². The predicted molar refractivity (Wildman–Crippen MR) is 116 cm³/mol. The zero-order valence-corrected chi connectivity index (χ0v) is 17.9. The van der Waals surface area contributed by atoms with E-state index in [9.17, 15) is 9.18 Å². The topological polar surface area (TPSA) is 26.8 Å². The molecule has 3 rings (SSSR count). The predicted octanol–water partition coefficient (Wildman–Crippen LogP) is 4.16. The zero-order valence-electron chi connectivity index (χ0n) is 17.9. The Labute approximate surface area is 173 Å². The molecule has 0 saturated carbocycles. The molecular weight excluding hydrogens is 365 g/mol. The third kappa shape index (κ3) is 5.36. The molecule has 4 nitrogen and oxygen atoms in total. The number of hydrogen-bond acceptors (Lipinski definition) is 3. The first kappa shape index (κ1) is 21.3. The fourth-order valence-electron chi connectivity index (χ4n) is 3.81. The molecule has 5 heteroatoms. The van der Waals surface area contributed by atoms with Crippen LogP contribution in [0.15, 0.2) is 54.6 Å². The molecule has 1 heterocycles. The molecule has 0 radical (unpaired) electrons. The van der Waals surface area contributed by atoms with E-state index in [1.165, 1.54) is 12.1 Å². The summed E-state index contributed by atoms with van der Waals surface area (Å²) in [5.74, 6) is -0.0520. The van der Waals surface area contributed by atoms with Gasteiger partial charge in [-0.1, -0.05) is 30.3 Å². The van der Waals surface area contributed by atoms with Crippen molar-refractivity contribution < 1.29 is 9.18 Å². The molecule has 29 heavy (non-hydrogen) atoms. The van der Waals surface area contributed by atoms with Crippen molar-refractivity contribution in [3.63, 3.8) is 0 Å². The number of hydrogen-bond donors (Lipinski definition) is 0. The van der Waals surface area contributed by atoms with Crippen molar-refractivity contribution in [1.29, 1.82) is 0 Å². The Morgan fingerprint density at radius 1 is 1.00 bits per heavy atom. The van der Waals surface area contributed by atoms with Gasteiger partial charge in [-0.05, 0) is 57.5 Å². The molecule has 0 aromatic heterocycles. The van der Waals surface area contributed by atoms with Gasteiger partial charge in [-0.25, -0.2) is 4.39 Å². The van der Waals surface area contributed by atoms with Crippen LogP contribution in [-0.2, 0) is 11.3 Å². The molecule has 1 aliphatic rings. The lowest BCUT2D eigenvalue weighted by Gasteiger charge is -2.43. The van der Waals surface area contributed by atoms with E-state index in [1.807, 2.05) is 42.2 Å². The molecule has 1 saturated heterocycles. The van der Waals surface area contributed by atoms with Crippen LogP contribution in [0.5, 0.6) is 0 Å². The Bertz CT molecular complexity index is 793. The monoisotopic (exact) mass is 397 g/mol. The maximum atomic E-state index is 13.4. The third-order valence-electron chi connectivity index (χ3n) is 5.67. The van der Waals surface area contributed by atoms with Crippen LogP contribution < -0.4 is 4.90 Å². The Hall–Kier alpha value is -2.40. The summed E-state index contributed by atoms with van der Waals surface area (Å²) in [4.78, 5) is 19.9. The van der Waals surface area contributed by atoms with E-state index in [-0.39, 0.29) is 23.3 Å². The number of amides is 1. The number of carbonyl (C=O) groups excluding carboxylic acids is 1. The minimum atomic E-state index is -0.253. The highest BCUT2D eigenvalue weighted by Gasteiger charge is 2.33. The fourth-order valence-corrected chi connectivity index (χ4v) is 3.81. The molecule has 1 fully saturated rings. The Morgan fingerprint density at radius 3 is 2.14 bits per heavy atom. The SMILES string of the molecule is C[C@H](C(=O)N(Cc1ccccc1)C(C)(C)C)N1CCN(c2ccc(F)cc2)CC1. The highest BCUT2D eigenvalue weighted by molar-refractivity contribution is 5.82. The first-order valence-electron chi connectivity index (χ1n) is 10.4. The Kier molecular flexibility index (Phi) is 6.58. The van der Waals surface area contributed by atoms with Gasteiger partial charge in [0.2, 0.25) is 5.91 Å². The van der Waals surface area contributed by atoms with Crippen molar-refractivity contribution in [2.45, 2.75) is 45.8 Å². The van der Waals surface area contributed by atoms with E-state index >= 15 is 0 Å². The van der Waals surface area contributed by atoms with Crippen LogP contribution in [0.4, 0.5) is 10.1 Å². The van der Waals surface area contributed by atoms with Crippen LogP contribution >= 0.6 is 0 Å². The molecule has 0 bridgehead atoms. The average molecular weight is 398 g/mol.